The number of aromatic nitrogens is 5. The van der Waals surface area contributed by atoms with Gasteiger partial charge in [0.05, 0.1) is 0 Å². The first kappa shape index (κ1) is 24.5. The highest BCUT2D eigenvalue weighted by Gasteiger charge is 2.40. The molecule has 1 aliphatic carbocycles. The Kier molecular flexibility index (Phi) is 5.72. The minimum Gasteiger partial charge on any atom is -0.383 e. The number of aliphatic hydroxyl groups is 1. The highest BCUT2D eigenvalue weighted by Crippen LogP contribution is 2.41. The number of alkyl halides is 3. The first-order chi connectivity index (χ1) is 18.1. The van der Waals surface area contributed by atoms with Gasteiger partial charge in [-0.3, -0.25) is 4.79 Å². The van der Waals surface area contributed by atoms with Crippen LogP contribution in [0.5, 0.6) is 0 Å². The van der Waals surface area contributed by atoms with Gasteiger partial charge < -0.3 is 15.7 Å². The maximum absolute atomic E-state index is 14.6. The van der Waals surface area contributed by atoms with Crippen molar-refractivity contribution in [3.63, 3.8) is 0 Å². The van der Waals surface area contributed by atoms with Crippen LogP contribution < -0.4 is 16.2 Å². The summed E-state index contributed by atoms with van der Waals surface area (Å²) in [6.07, 6.45) is -1.53. The van der Waals surface area contributed by atoms with Crippen molar-refractivity contribution in [2.75, 3.05) is 11.9 Å². The van der Waals surface area contributed by atoms with Crippen LogP contribution in [-0.2, 0) is 25.1 Å². The second-order valence-corrected chi connectivity index (χ2v) is 9.64. The molecule has 13 heteroatoms. The number of hydrogen-bond donors (Lipinski definition) is 3. The van der Waals surface area contributed by atoms with Crippen LogP contribution in [0.4, 0.5) is 29.2 Å². The average molecular weight is 529 g/mol. The Morgan fingerprint density at radius 2 is 1.95 bits per heavy atom. The first-order valence-corrected chi connectivity index (χ1v) is 12.2. The fourth-order valence-electron chi connectivity index (χ4n) is 4.94. The molecule has 0 saturated heterocycles. The molecule has 1 fully saturated rings. The molecule has 0 unspecified atom stereocenters. The molecule has 38 heavy (non-hydrogen) atoms. The maximum atomic E-state index is 14.6. The lowest BCUT2D eigenvalue weighted by molar-refractivity contribution is -0.144. The summed E-state index contributed by atoms with van der Waals surface area (Å²) in [4.78, 5) is 25.7. The van der Waals surface area contributed by atoms with Crippen molar-refractivity contribution < 1.29 is 22.7 Å². The Morgan fingerprint density at radius 1 is 1.13 bits per heavy atom. The lowest BCUT2D eigenvalue weighted by Crippen LogP contribution is -2.36. The van der Waals surface area contributed by atoms with E-state index in [2.05, 4.69) is 25.6 Å². The van der Waals surface area contributed by atoms with E-state index in [4.69, 9.17) is 0 Å². The zero-order valence-electron chi connectivity index (χ0n) is 20.0. The molecule has 0 bridgehead atoms. The molecule has 3 N–H and O–H groups in total. The van der Waals surface area contributed by atoms with Crippen LogP contribution in [0.3, 0.4) is 0 Å². The number of rotatable bonds is 5. The van der Waals surface area contributed by atoms with Crippen LogP contribution in [0, 0.1) is 5.82 Å². The van der Waals surface area contributed by atoms with Gasteiger partial charge in [0, 0.05) is 18.4 Å². The highest BCUT2D eigenvalue weighted by molar-refractivity contribution is 5.77. The summed E-state index contributed by atoms with van der Waals surface area (Å²) in [5.74, 6) is -0.898. The Bertz CT molecular complexity index is 1610. The van der Waals surface area contributed by atoms with E-state index >= 15 is 0 Å². The van der Waals surface area contributed by atoms with E-state index in [-0.39, 0.29) is 41.3 Å². The van der Waals surface area contributed by atoms with Crippen LogP contribution in [-0.4, -0.2) is 42.1 Å². The Balaban J connectivity index is 1.48. The molecule has 4 heterocycles. The summed E-state index contributed by atoms with van der Waals surface area (Å²) in [6.45, 7) is -0.0129. The summed E-state index contributed by atoms with van der Waals surface area (Å²) in [7, 11) is 0. The molecule has 6 rings (SSSR count). The smallest absolute Gasteiger partial charge is 0.383 e. The number of fused-ring (bicyclic) bond motifs is 2. The third kappa shape index (κ3) is 4.31. The summed E-state index contributed by atoms with van der Waals surface area (Å²) < 4.78 is 56.5. The van der Waals surface area contributed by atoms with Crippen molar-refractivity contribution in [3.05, 3.63) is 69.5 Å². The molecule has 198 valence electrons. The van der Waals surface area contributed by atoms with Gasteiger partial charge in [0.2, 0.25) is 5.95 Å². The third-order valence-electron chi connectivity index (χ3n) is 7.02. The molecular formula is C25H23F4N7O2. The zero-order chi connectivity index (χ0) is 26.7. The van der Waals surface area contributed by atoms with Crippen LogP contribution >= 0.6 is 0 Å². The number of pyridine rings is 1. The normalized spacial score (nSPS) is 16.8. The topological polar surface area (TPSA) is 110 Å². The van der Waals surface area contributed by atoms with Crippen LogP contribution in [0.1, 0.15) is 36.1 Å². The number of nitrogens with zero attached hydrogens (tertiary/aromatic N) is 5. The van der Waals surface area contributed by atoms with E-state index in [9.17, 15) is 27.5 Å². The van der Waals surface area contributed by atoms with Crippen LogP contribution in [0.15, 0.2) is 41.3 Å². The number of hydrogen-bond acceptors (Lipinski definition) is 7. The molecular weight excluding hydrogens is 506 g/mol. The molecule has 9 nitrogen and oxygen atoms in total. The predicted octanol–water partition coefficient (Wildman–Crippen LogP) is 3.44. The summed E-state index contributed by atoms with van der Waals surface area (Å²) in [6, 6.07) is 7.93. The minimum atomic E-state index is -4.74. The van der Waals surface area contributed by atoms with Crippen LogP contribution in [0.2, 0.25) is 0 Å². The van der Waals surface area contributed by atoms with Crippen molar-refractivity contribution in [2.24, 2.45) is 0 Å². The largest absolute Gasteiger partial charge is 0.408 e. The van der Waals surface area contributed by atoms with E-state index in [0.717, 1.165) is 48.1 Å². The second-order valence-electron chi connectivity index (χ2n) is 9.64. The van der Waals surface area contributed by atoms with Gasteiger partial charge in [-0.25, -0.2) is 23.7 Å². The highest BCUT2D eigenvalue weighted by atomic mass is 19.4. The minimum absolute atomic E-state index is 0.0595. The number of halogens is 4. The average Bonchev–Trinajstić information content (AvgIpc) is 3.12. The van der Waals surface area contributed by atoms with Crippen molar-refractivity contribution in [3.8, 4) is 5.82 Å². The van der Waals surface area contributed by atoms with Crippen LogP contribution in [0.25, 0.3) is 16.9 Å². The van der Waals surface area contributed by atoms with Gasteiger partial charge >= 0.3 is 6.18 Å². The lowest BCUT2D eigenvalue weighted by atomic mass is 9.77. The van der Waals surface area contributed by atoms with E-state index in [0.29, 0.717) is 16.8 Å². The van der Waals surface area contributed by atoms with Gasteiger partial charge in [0.15, 0.2) is 11.5 Å². The number of anilines is 2. The summed E-state index contributed by atoms with van der Waals surface area (Å²) in [5.41, 5.74) is 0.113. The van der Waals surface area contributed by atoms with Crippen molar-refractivity contribution in [2.45, 2.75) is 50.6 Å². The van der Waals surface area contributed by atoms with E-state index in [1.807, 2.05) is 18.2 Å². The van der Waals surface area contributed by atoms with Gasteiger partial charge in [-0.1, -0.05) is 6.07 Å². The molecule has 1 aliphatic heterocycles. The Hall–Kier alpha value is -3.84. The maximum Gasteiger partial charge on any atom is 0.408 e. The van der Waals surface area contributed by atoms with E-state index in [1.54, 1.807) is 0 Å². The summed E-state index contributed by atoms with van der Waals surface area (Å²) >= 11 is 0. The van der Waals surface area contributed by atoms with E-state index in [1.165, 1.54) is 5.56 Å². The van der Waals surface area contributed by atoms with Gasteiger partial charge in [0.25, 0.3) is 5.56 Å². The second kappa shape index (κ2) is 8.88. The molecule has 3 aromatic heterocycles. The van der Waals surface area contributed by atoms with Gasteiger partial charge in [0.1, 0.15) is 29.0 Å². The first-order valence-electron chi connectivity index (χ1n) is 12.2. The fourth-order valence-corrected chi connectivity index (χ4v) is 4.94. The quantitative estimate of drug-likeness (QED) is 0.340. The monoisotopic (exact) mass is 529 g/mol. The predicted molar refractivity (Wildman–Crippen MR) is 130 cm³/mol. The molecule has 0 radical (unpaired) electrons. The van der Waals surface area contributed by atoms with Gasteiger partial charge in [-0.15, -0.1) is 0 Å². The van der Waals surface area contributed by atoms with Gasteiger partial charge in [-0.05, 0) is 67.6 Å². The number of benzene rings is 1. The Morgan fingerprint density at radius 3 is 2.68 bits per heavy atom. The SMILES string of the molecule is O=c1c2cnc(Nc3ccc4c(c3)CCNC4)nc2n(-c2ccc(F)c(C3(O)CCC3)n2)n1CC(F)(F)F. The fraction of sp³-hybridized carbons (Fsp3) is 0.360. The molecule has 1 aromatic carbocycles. The molecule has 0 amide bonds. The molecule has 0 atom stereocenters. The third-order valence-corrected chi connectivity index (χ3v) is 7.02. The van der Waals surface area contributed by atoms with Crippen molar-refractivity contribution in [1.82, 2.24) is 29.6 Å². The van der Waals surface area contributed by atoms with E-state index < -0.39 is 29.7 Å². The molecule has 0 spiro atoms. The molecule has 2 aliphatic rings. The summed E-state index contributed by atoms with van der Waals surface area (Å²) in [5, 5.41) is 16.9. The molecule has 4 aromatic rings. The molecule has 1 saturated carbocycles. The Labute approximate surface area is 213 Å². The van der Waals surface area contributed by atoms with Gasteiger partial charge in [-0.2, -0.15) is 18.2 Å². The zero-order valence-corrected chi connectivity index (χ0v) is 20.0. The standard InChI is InChI=1S/C25H23F4N7O2/c26-18-4-5-19(33-20(18)24(38)7-1-8-24)36-21-17(22(37)35(36)13-25(27,28)29)12-31-23(34-21)32-16-3-2-15-11-30-9-6-14(15)10-16/h2-5,10,12,30,38H,1,6-9,11,13H2,(H,31,32,34). The van der Waals surface area contributed by atoms with Crippen molar-refractivity contribution >= 4 is 22.7 Å². The van der Waals surface area contributed by atoms with Crippen molar-refractivity contribution in [1.29, 1.82) is 0 Å². The number of nitrogens with one attached hydrogen (secondary N) is 2. The lowest BCUT2D eigenvalue weighted by Gasteiger charge is -2.36.